The van der Waals surface area contributed by atoms with Crippen molar-refractivity contribution in [3.63, 3.8) is 0 Å². The molecule has 0 unspecified atom stereocenters. The summed E-state index contributed by atoms with van der Waals surface area (Å²) in [6.45, 7) is 0. The Balaban J connectivity index is 2.95. The maximum atomic E-state index is 13.3. The van der Waals surface area contributed by atoms with Crippen LogP contribution in [-0.2, 0) is 9.84 Å². The van der Waals surface area contributed by atoms with Crippen molar-refractivity contribution in [3.05, 3.63) is 27.8 Å². The zero-order valence-corrected chi connectivity index (χ0v) is 10.6. The van der Waals surface area contributed by atoms with Crippen molar-refractivity contribution in [2.75, 3.05) is 6.26 Å². The van der Waals surface area contributed by atoms with E-state index in [4.69, 9.17) is 0 Å². The molecule has 0 bridgehead atoms. The number of nitrogens with zero attached hydrogens (tertiary/aromatic N) is 2. The van der Waals surface area contributed by atoms with E-state index < -0.39 is 20.8 Å². The van der Waals surface area contributed by atoms with Gasteiger partial charge >= 0.3 is 0 Å². The molecule has 7 heteroatoms. The van der Waals surface area contributed by atoms with Crippen molar-refractivity contribution in [1.82, 2.24) is 9.38 Å². The van der Waals surface area contributed by atoms with Crippen molar-refractivity contribution in [3.8, 4) is 0 Å². The van der Waals surface area contributed by atoms with Gasteiger partial charge in [0, 0.05) is 16.0 Å². The topological polar surface area (TPSA) is 51.4 Å². The number of hydrogen-bond acceptors (Lipinski definition) is 3. The first kappa shape index (κ1) is 10.8. The van der Waals surface area contributed by atoms with Crippen LogP contribution in [0.25, 0.3) is 5.65 Å². The molecule has 0 saturated carbocycles. The summed E-state index contributed by atoms with van der Waals surface area (Å²) in [5.74, 6) is -0.959. The molecular weight excluding hydrogens is 334 g/mol. The second kappa shape index (κ2) is 3.41. The molecule has 2 heterocycles. The van der Waals surface area contributed by atoms with E-state index in [2.05, 4.69) is 4.98 Å². The molecule has 0 amide bonds. The summed E-state index contributed by atoms with van der Waals surface area (Å²) in [6, 6.07) is 3.30. The molecule has 0 aliphatic carbocycles. The highest BCUT2D eigenvalue weighted by Crippen LogP contribution is 2.18. The summed E-state index contributed by atoms with van der Waals surface area (Å²) in [7, 11) is -3.61. The predicted molar refractivity (Wildman–Crippen MR) is 61.0 cm³/mol. The fraction of sp³-hybridized carbons (Fsp3) is 0.125. The highest BCUT2D eigenvalue weighted by molar-refractivity contribution is 14.1. The van der Waals surface area contributed by atoms with E-state index in [-0.39, 0.29) is 5.65 Å². The summed E-state index contributed by atoms with van der Waals surface area (Å²) in [4.78, 5) is 3.53. The van der Waals surface area contributed by atoms with Crippen LogP contribution in [0.3, 0.4) is 0 Å². The summed E-state index contributed by atoms with van der Waals surface area (Å²) in [6.07, 6.45) is 2.49. The lowest BCUT2D eigenvalue weighted by Crippen LogP contribution is -2.04. The Hall–Kier alpha value is -0.700. The zero-order chi connectivity index (χ0) is 11.2. The minimum absolute atomic E-state index is 0.286. The third-order valence-corrected chi connectivity index (χ3v) is 3.56. The molecule has 2 aromatic rings. The van der Waals surface area contributed by atoms with E-state index in [1.807, 2.05) is 22.6 Å². The third-order valence-electron chi connectivity index (χ3n) is 1.85. The SMILES string of the molecule is CS(=O)(=O)c1c(F)nc2ccc(I)cn12. The first-order chi connectivity index (χ1) is 6.89. The van der Waals surface area contributed by atoms with E-state index >= 15 is 0 Å². The van der Waals surface area contributed by atoms with E-state index in [1.165, 1.54) is 10.6 Å². The van der Waals surface area contributed by atoms with Crippen LogP contribution < -0.4 is 0 Å². The Morgan fingerprint density at radius 3 is 2.73 bits per heavy atom. The van der Waals surface area contributed by atoms with Crippen LogP contribution in [0.15, 0.2) is 23.4 Å². The molecule has 80 valence electrons. The first-order valence-electron chi connectivity index (χ1n) is 3.93. The fourth-order valence-electron chi connectivity index (χ4n) is 1.30. The Bertz CT molecular complexity index is 635. The van der Waals surface area contributed by atoms with Gasteiger partial charge in [0.2, 0.25) is 0 Å². The molecule has 2 aromatic heterocycles. The number of pyridine rings is 1. The van der Waals surface area contributed by atoms with Gasteiger partial charge in [-0.2, -0.15) is 9.37 Å². The van der Waals surface area contributed by atoms with Crippen LogP contribution in [0.5, 0.6) is 0 Å². The predicted octanol–water partition coefficient (Wildman–Crippen LogP) is 1.48. The summed E-state index contributed by atoms with van der Waals surface area (Å²) < 4.78 is 38.0. The lowest BCUT2D eigenvalue weighted by Gasteiger charge is -1.99. The van der Waals surface area contributed by atoms with Gasteiger partial charge in [0.1, 0.15) is 5.65 Å². The van der Waals surface area contributed by atoms with Gasteiger partial charge in [-0.15, -0.1) is 0 Å². The molecule has 0 fully saturated rings. The molecule has 4 nitrogen and oxygen atoms in total. The van der Waals surface area contributed by atoms with Crippen LogP contribution in [0, 0.1) is 9.52 Å². The average molecular weight is 340 g/mol. The van der Waals surface area contributed by atoms with Gasteiger partial charge in [0.15, 0.2) is 14.9 Å². The van der Waals surface area contributed by atoms with Gasteiger partial charge in [0.25, 0.3) is 5.95 Å². The summed E-state index contributed by atoms with van der Waals surface area (Å²) in [5, 5.41) is -0.393. The molecule has 0 N–H and O–H groups in total. The average Bonchev–Trinajstić information content (AvgIpc) is 2.38. The summed E-state index contributed by atoms with van der Waals surface area (Å²) >= 11 is 2.02. The highest BCUT2D eigenvalue weighted by atomic mass is 127. The van der Waals surface area contributed by atoms with Crippen molar-refractivity contribution in [1.29, 1.82) is 0 Å². The molecule has 0 atom stereocenters. The number of imidazole rings is 1. The largest absolute Gasteiger partial charge is 0.287 e. The van der Waals surface area contributed by atoms with Crippen LogP contribution >= 0.6 is 22.6 Å². The Morgan fingerprint density at radius 2 is 2.13 bits per heavy atom. The molecule has 0 aliphatic rings. The second-order valence-electron chi connectivity index (χ2n) is 3.06. The number of halogens is 2. The van der Waals surface area contributed by atoms with Gasteiger partial charge in [0.05, 0.1) is 0 Å². The number of aromatic nitrogens is 2. The molecular formula is C8H6FIN2O2S. The molecule has 0 saturated heterocycles. The minimum atomic E-state index is -3.61. The second-order valence-corrected chi connectivity index (χ2v) is 6.23. The van der Waals surface area contributed by atoms with E-state index in [0.29, 0.717) is 0 Å². The maximum Gasteiger partial charge on any atom is 0.251 e. The lowest BCUT2D eigenvalue weighted by molar-refractivity contribution is 0.541. The molecule has 0 aliphatic heterocycles. The number of rotatable bonds is 1. The highest BCUT2D eigenvalue weighted by Gasteiger charge is 2.21. The van der Waals surface area contributed by atoms with Crippen LogP contribution in [0.1, 0.15) is 0 Å². The van der Waals surface area contributed by atoms with Crippen molar-refractivity contribution in [2.24, 2.45) is 0 Å². The van der Waals surface area contributed by atoms with Crippen molar-refractivity contribution < 1.29 is 12.8 Å². The van der Waals surface area contributed by atoms with E-state index in [0.717, 1.165) is 9.83 Å². The van der Waals surface area contributed by atoms with Gasteiger partial charge in [-0.1, -0.05) is 0 Å². The number of hydrogen-bond donors (Lipinski definition) is 0. The summed E-state index contributed by atoms with van der Waals surface area (Å²) in [5.41, 5.74) is 0.286. The van der Waals surface area contributed by atoms with Gasteiger partial charge in [-0.3, -0.25) is 4.40 Å². The maximum absolute atomic E-state index is 13.3. The monoisotopic (exact) mass is 340 g/mol. The third kappa shape index (κ3) is 1.85. The normalized spacial score (nSPS) is 12.2. The lowest BCUT2D eigenvalue weighted by atomic mass is 10.5. The first-order valence-corrected chi connectivity index (χ1v) is 6.90. The van der Waals surface area contributed by atoms with E-state index in [1.54, 1.807) is 12.1 Å². The smallest absolute Gasteiger partial charge is 0.251 e. The van der Waals surface area contributed by atoms with Crippen molar-refractivity contribution >= 4 is 38.1 Å². The minimum Gasteiger partial charge on any atom is -0.287 e. The molecule has 2 rings (SSSR count). The van der Waals surface area contributed by atoms with Gasteiger partial charge in [-0.05, 0) is 34.7 Å². The van der Waals surface area contributed by atoms with Crippen LogP contribution in [0.2, 0.25) is 0 Å². The van der Waals surface area contributed by atoms with Gasteiger partial charge < -0.3 is 0 Å². The quantitative estimate of drug-likeness (QED) is 0.739. The molecule has 0 radical (unpaired) electrons. The molecule has 15 heavy (non-hydrogen) atoms. The van der Waals surface area contributed by atoms with Crippen LogP contribution in [0.4, 0.5) is 4.39 Å². The van der Waals surface area contributed by atoms with Crippen molar-refractivity contribution in [2.45, 2.75) is 5.03 Å². The fourth-order valence-corrected chi connectivity index (χ4v) is 2.61. The van der Waals surface area contributed by atoms with E-state index in [9.17, 15) is 12.8 Å². The van der Waals surface area contributed by atoms with Crippen LogP contribution in [-0.4, -0.2) is 24.1 Å². The molecule has 0 aromatic carbocycles. The zero-order valence-electron chi connectivity index (χ0n) is 7.61. The Kier molecular flexibility index (Phi) is 2.45. The number of fused-ring (bicyclic) bond motifs is 1. The standard InChI is InChI=1S/C8H6FIN2O2S/c1-15(13,14)8-7(9)11-6-3-2-5(10)4-12(6)8/h2-4H,1H3. The Labute approximate surface area is 99.2 Å². The van der Waals surface area contributed by atoms with Gasteiger partial charge in [-0.25, -0.2) is 8.42 Å². The molecule has 0 spiro atoms. The Morgan fingerprint density at radius 1 is 1.47 bits per heavy atom. The number of sulfone groups is 1.